The second-order valence-electron chi connectivity index (χ2n) is 16.2. The van der Waals surface area contributed by atoms with Gasteiger partial charge < -0.3 is 43.6 Å². The monoisotopic (exact) mass is 774 g/mol. The fraction of sp³-hybridized carbons (Fsp3) is 0.750. The van der Waals surface area contributed by atoms with Crippen LogP contribution in [-0.4, -0.2) is 131 Å². The Labute approximate surface area is 325 Å². The number of aliphatic imine (C=N–C) groups is 1. The Hall–Kier alpha value is -3.18. The van der Waals surface area contributed by atoms with E-state index >= 15 is 0 Å². The van der Waals surface area contributed by atoms with Crippen molar-refractivity contribution in [1.29, 1.82) is 0 Å². The number of nitrogens with zero attached hydrogens (tertiary/aromatic N) is 4. The Morgan fingerprint density at radius 3 is 2.44 bits per heavy atom. The van der Waals surface area contributed by atoms with Crippen molar-refractivity contribution in [3.05, 3.63) is 30.1 Å². The maximum Gasteiger partial charge on any atom is 0.316 e. The largest absolute Gasteiger partial charge is 0.459 e. The van der Waals surface area contributed by atoms with Crippen LogP contribution in [0.5, 0.6) is 0 Å². The summed E-state index contributed by atoms with van der Waals surface area (Å²) in [6, 6.07) is 3.32. The van der Waals surface area contributed by atoms with E-state index in [0.717, 1.165) is 5.56 Å². The molecule has 2 unspecified atom stereocenters. The van der Waals surface area contributed by atoms with E-state index in [2.05, 4.69) is 15.1 Å². The highest BCUT2D eigenvalue weighted by atomic mass is 16.7. The van der Waals surface area contributed by atoms with Crippen LogP contribution in [0.4, 0.5) is 0 Å². The third kappa shape index (κ3) is 10.6. The third-order valence-electron chi connectivity index (χ3n) is 11.3. The van der Waals surface area contributed by atoms with E-state index in [0.29, 0.717) is 17.8 Å². The number of hydrogen-bond donors (Lipinski definition) is 2. The van der Waals surface area contributed by atoms with Gasteiger partial charge in [0, 0.05) is 48.5 Å². The van der Waals surface area contributed by atoms with Crippen molar-refractivity contribution < 1.29 is 53.1 Å². The Bertz CT molecular complexity index is 1540. The van der Waals surface area contributed by atoms with Crippen LogP contribution in [0, 0.1) is 23.7 Å². The topological polar surface area (TPSA) is 188 Å². The van der Waals surface area contributed by atoms with Crippen molar-refractivity contribution >= 4 is 29.1 Å². The molecule has 0 saturated carbocycles. The molecule has 0 aromatic carbocycles. The Balaban J connectivity index is 1.94. The fourth-order valence-corrected chi connectivity index (χ4v) is 8.29. The van der Waals surface area contributed by atoms with Crippen molar-refractivity contribution in [2.75, 3.05) is 27.3 Å². The second-order valence-corrected chi connectivity index (χ2v) is 16.2. The van der Waals surface area contributed by atoms with Gasteiger partial charge in [0.1, 0.15) is 36.0 Å². The smallest absolute Gasteiger partial charge is 0.316 e. The molecule has 0 radical (unpaired) electrons. The number of Topliss-reactive ketones (excluding diaryl/α,β-unsaturated/α-hetero) is 1. The van der Waals surface area contributed by atoms with Crippen LogP contribution < -0.4 is 0 Å². The molecule has 308 valence electrons. The average molecular weight is 775 g/mol. The van der Waals surface area contributed by atoms with Crippen molar-refractivity contribution in [3.8, 4) is 0 Å². The van der Waals surface area contributed by atoms with Crippen LogP contribution in [0.1, 0.15) is 87.1 Å². The Kier molecular flexibility index (Phi) is 15.3. The molecule has 4 heterocycles. The summed E-state index contributed by atoms with van der Waals surface area (Å²) < 4.78 is 32.3. The van der Waals surface area contributed by atoms with Crippen LogP contribution in [0.25, 0.3) is 0 Å². The van der Waals surface area contributed by atoms with E-state index in [1.165, 1.54) is 20.8 Å². The molecule has 4 rings (SSSR count). The number of carbonyl (C=O) groups is 3. The predicted octanol–water partition coefficient (Wildman–Crippen LogP) is 3.52. The van der Waals surface area contributed by atoms with Gasteiger partial charge in [0.2, 0.25) is 5.91 Å². The van der Waals surface area contributed by atoms with Gasteiger partial charge in [0.15, 0.2) is 12.1 Å². The number of oxime groups is 1. The first-order valence-corrected chi connectivity index (χ1v) is 19.3. The number of aliphatic hydroxyl groups is 2. The van der Waals surface area contributed by atoms with Gasteiger partial charge in [-0.25, -0.2) is 4.99 Å². The van der Waals surface area contributed by atoms with Gasteiger partial charge in [-0.15, -0.1) is 0 Å². The first kappa shape index (κ1) is 44.5. The molecule has 1 aromatic heterocycles. The van der Waals surface area contributed by atoms with Crippen LogP contribution in [-0.2, 0) is 49.5 Å². The molecule has 3 fully saturated rings. The normalized spacial score (nSPS) is 39.9. The van der Waals surface area contributed by atoms with Gasteiger partial charge >= 0.3 is 5.97 Å². The number of rotatable bonds is 7. The fourth-order valence-electron chi connectivity index (χ4n) is 8.29. The molecular formula is C40H62N4O11. The minimum Gasteiger partial charge on any atom is -0.459 e. The van der Waals surface area contributed by atoms with Crippen molar-refractivity contribution in [2.45, 2.75) is 142 Å². The van der Waals surface area contributed by atoms with Crippen LogP contribution >= 0.6 is 0 Å². The molecule has 1 aromatic rings. The van der Waals surface area contributed by atoms with E-state index in [1.807, 2.05) is 38.9 Å². The number of fused-ring (bicyclic) bond motifs is 5. The van der Waals surface area contributed by atoms with E-state index < -0.39 is 83.2 Å². The lowest BCUT2D eigenvalue weighted by atomic mass is 9.73. The zero-order chi connectivity index (χ0) is 40.8. The summed E-state index contributed by atoms with van der Waals surface area (Å²) in [4.78, 5) is 57.3. The maximum absolute atomic E-state index is 14.4. The number of hydrogen-bond acceptors (Lipinski definition) is 14. The van der Waals surface area contributed by atoms with Gasteiger partial charge in [-0.1, -0.05) is 38.9 Å². The number of esters is 1. The van der Waals surface area contributed by atoms with Gasteiger partial charge in [-0.05, 0) is 73.0 Å². The minimum absolute atomic E-state index is 0.101. The van der Waals surface area contributed by atoms with E-state index in [-0.39, 0.29) is 44.8 Å². The number of likely N-dealkylation sites (N-methyl/N-ethyl adjacent to an activating group) is 1. The summed E-state index contributed by atoms with van der Waals surface area (Å²) in [5, 5.41) is 28.4. The lowest BCUT2D eigenvalue weighted by molar-refractivity contribution is -0.296. The number of pyridine rings is 1. The van der Waals surface area contributed by atoms with Gasteiger partial charge in [0.05, 0.1) is 37.1 Å². The quantitative estimate of drug-likeness (QED) is 0.233. The summed E-state index contributed by atoms with van der Waals surface area (Å²) in [5.41, 5.74) is -1.71. The standard InChI is InChI=1S/C40H62N4O11/c1-12-31-40(9,49)36-24(4)32(42-27(7)45)22(2)17-39(8,51-21-29(20-50-36)43-52-19-28-14-13-15-41-18-28)35(25(5)33(46)26(6)37(48)54-31)55-38-34(47)30(44(10)11)16-23(3)53-38/h13-15,18,22-26,30-31,34-36,38,47,49H,12,16-17,19-21H2,1-11H3/b42-32?,43-29-/t22-,23-,24+,25+,26?,30+,31-,34-,35-,36-,38+,39?,40-/m1/s1. The molecule has 15 nitrogen and oxygen atoms in total. The first-order valence-electron chi connectivity index (χ1n) is 19.3. The molecule has 2 bridgehead atoms. The summed E-state index contributed by atoms with van der Waals surface area (Å²) in [6.07, 6.45) is -1.70. The van der Waals surface area contributed by atoms with E-state index in [4.69, 9.17) is 28.5 Å². The highest BCUT2D eigenvalue weighted by Gasteiger charge is 2.53. The van der Waals surface area contributed by atoms with Gasteiger partial charge in [-0.2, -0.15) is 0 Å². The second kappa shape index (κ2) is 18.8. The Morgan fingerprint density at radius 2 is 1.82 bits per heavy atom. The molecule has 3 saturated heterocycles. The van der Waals surface area contributed by atoms with Crippen molar-refractivity contribution in [2.24, 2.45) is 33.8 Å². The number of ether oxygens (including phenoxy) is 5. The number of aromatic nitrogens is 1. The van der Waals surface area contributed by atoms with Gasteiger partial charge in [0.25, 0.3) is 0 Å². The Morgan fingerprint density at radius 1 is 1.11 bits per heavy atom. The molecule has 15 heteroatoms. The van der Waals surface area contributed by atoms with Crippen molar-refractivity contribution in [3.63, 3.8) is 0 Å². The average Bonchev–Trinajstić information content (AvgIpc) is 3.14. The third-order valence-corrected chi connectivity index (χ3v) is 11.3. The number of carbonyl (C=O) groups excluding carboxylic acids is 3. The number of ketones is 1. The molecule has 0 aliphatic carbocycles. The zero-order valence-electron chi connectivity index (χ0n) is 34.3. The number of cyclic esters (lactones) is 1. The lowest BCUT2D eigenvalue weighted by Gasteiger charge is -2.47. The summed E-state index contributed by atoms with van der Waals surface area (Å²) in [7, 11) is 3.73. The van der Waals surface area contributed by atoms with Crippen molar-refractivity contribution in [1.82, 2.24) is 9.88 Å². The first-order chi connectivity index (χ1) is 25.8. The van der Waals surface area contributed by atoms with E-state index in [9.17, 15) is 24.6 Å². The van der Waals surface area contributed by atoms with Crippen LogP contribution in [0.15, 0.2) is 34.7 Å². The highest BCUT2D eigenvalue weighted by Crippen LogP contribution is 2.40. The number of amides is 1. The SMILES string of the molecule is CC[C@H]1OC(=O)C(C)C(=O)[C@H](C)[C@@H](O[C@@H]2O[C@H](C)C[C@H](N(C)C)[C@H]2O)C2(C)C[C@@H](C)C(=NC(C)=O)[C@H](C)[C@@H](OC/C(=N/OCc3cccnc3)CO2)[C@]1(C)O. The maximum atomic E-state index is 14.4. The zero-order valence-corrected chi connectivity index (χ0v) is 34.3. The molecule has 1 amide bonds. The van der Waals surface area contributed by atoms with Crippen LogP contribution in [0.2, 0.25) is 0 Å². The summed E-state index contributed by atoms with van der Waals surface area (Å²) in [5.74, 6) is -5.25. The lowest BCUT2D eigenvalue weighted by Crippen LogP contribution is -2.60. The predicted molar refractivity (Wildman–Crippen MR) is 203 cm³/mol. The summed E-state index contributed by atoms with van der Waals surface area (Å²) in [6.45, 7) is 14.9. The molecule has 2 N–H and O–H groups in total. The minimum atomic E-state index is -1.83. The van der Waals surface area contributed by atoms with Gasteiger partial charge in [-0.3, -0.25) is 19.4 Å². The van der Waals surface area contributed by atoms with E-state index in [1.54, 1.807) is 46.2 Å². The number of aliphatic hydroxyl groups excluding tert-OH is 1. The summed E-state index contributed by atoms with van der Waals surface area (Å²) >= 11 is 0. The van der Waals surface area contributed by atoms with Crippen LogP contribution in [0.3, 0.4) is 0 Å². The molecule has 3 aliphatic heterocycles. The highest BCUT2D eigenvalue weighted by molar-refractivity contribution is 6.00. The molecule has 3 aliphatic rings. The molecular weight excluding hydrogens is 712 g/mol. The molecule has 0 spiro atoms. The molecule has 13 atom stereocenters. The molecule has 55 heavy (non-hydrogen) atoms.